The third kappa shape index (κ3) is 2.83. The first-order valence-corrected chi connectivity index (χ1v) is 5.64. The van der Waals surface area contributed by atoms with Crippen LogP contribution in [0.2, 0.25) is 0 Å². The van der Waals surface area contributed by atoms with Crippen molar-refractivity contribution in [3.63, 3.8) is 0 Å². The molecule has 17 heavy (non-hydrogen) atoms. The minimum Gasteiger partial charge on any atom is -0.455 e. The van der Waals surface area contributed by atoms with Gasteiger partial charge in [0.15, 0.2) is 0 Å². The molecule has 0 spiro atoms. The van der Waals surface area contributed by atoms with Crippen LogP contribution in [0.3, 0.4) is 0 Å². The van der Waals surface area contributed by atoms with Crippen molar-refractivity contribution in [3.05, 3.63) is 18.3 Å². The Balaban J connectivity index is 2.13. The fraction of sp³-hybridized carbons (Fsp3) is 0.545. The van der Waals surface area contributed by atoms with E-state index in [9.17, 15) is 0 Å². The summed E-state index contributed by atoms with van der Waals surface area (Å²) in [6.07, 6.45) is 0.866. The van der Waals surface area contributed by atoms with Gasteiger partial charge in [-0.3, -0.25) is 7.05 Å². The first kappa shape index (κ1) is 12.1. The van der Waals surface area contributed by atoms with Crippen LogP contribution in [0.4, 0.5) is 11.8 Å². The first-order valence-electron chi connectivity index (χ1n) is 5.64. The number of methoxy groups -OCH3 is 1. The van der Waals surface area contributed by atoms with E-state index < -0.39 is 0 Å². The van der Waals surface area contributed by atoms with Crippen molar-refractivity contribution in [2.24, 2.45) is 0 Å². The molecule has 0 radical (unpaired) electrons. The second kappa shape index (κ2) is 5.29. The third-order valence-electron chi connectivity index (χ3n) is 2.76. The van der Waals surface area contributed by atoms with Crippen LogP contribution in [0.1, 0.15) is 11.3 Å². The maximum atomic E-state index is 5.93. The molecule has 94 valence electrons. The van der Waals surface area contributed by atoms with Crippen molar-refractivity contribution in [1.29, 1.82) is 0 Å². The molecule has 2 rings (SSSR count). The molecule has 0 unspecified atom stereocenters. The predicted octanol–water partition coefficient (Wildman–Crippen LogP) is 0.267. The van der Waals surface area contributed by atoms with E-state index in [0.29, 0.717) is 24.9 Å². The van der Waals surface area contributed by atoms with Gasteiger partial charge in [-0.05, 0) is 6.54 Å². The second-order valence-electron chi connectivity index (χ2n) is 4.08. The smallest absolute Gasteiger partial charge is 0.224 e. The number of nitrogens with zero attached hydrogens (tertiary/aromatic N) is 3. The number of fused-ring (bicyclic) bond motifs is 1. The molecule has 6 nitrogen and oxygen atoms in total. The highest BCUT2D eigenvalue weighted by Gasteiger charge is 2.16. The van der Waals surface area contributed by atoms with E-state index in [4.69, 9.17) is 10.5 Å². The van der Waals surface area contributed by atoms with Gasteiger partial charge in [0.05, 0.1) is 12.3 Å². The molecule has 0 atom stereocenters. The van der Waals surface area contributed by atoms with Gasteiger partial charge in [0.1, 0.15) is 5.82 Å². The molecular formula is C11H18N5O-. The number of anilines is 2. The van der Waals surface area contributed by atoms with Crippen molar-refractivity contribution < 1.29 is 4.74 Å². The van der Waals surface area contributed by atoms with Crippen LogP contribution in [0.15, 0.2) is 0 Å². The molecule has 1 aromatic rings. The normalized spacial score (nSPS) is 15.6. The summed E-state index contributed by atoms with van der Waals surface area (Å²) in [7, 11) is 5.57. The number of nitrogens with two attached hydrogens (primary N) is 1. The van der Waals surface area contributed by atoms with Crippen LogP contribution >= 0.6 is 0 Å². The predicted molar refractivity (Wildman–Crippen MR) is 66.3 cm³/mol. The largest absolute Gasteiger partial charge is 0.455 e. The molecule has 6 heteroatoms. The van der Waals surface area contributed by atoms with E-state index in [1.54, 1.807) is 7.11 Å². The zero-order valence-electron chi connectivity index (χ0n) is 10.1. The molecule has 0 fully saturated rings. The van der Waals surface area contributed by atoms with Crippen molar-refractivity contribution in [2.45, 2.75) is 13.0 Å². The summed E-state index contributed by atoms with van der Waals surface area (Å²) in [4.78, 5) is 10.7. The Bertz CT molecular complexity index is 396. The third-order valence-corrected chi connectivity index (χ3v) is 2.76. The molecule has 0 bridgehead atoms. The molecule has 0 amide bonds. The average Bonchev–Trinajstić information content (AvgIpc) is 2.31. The zero-order valence-corrected chi connectivity index (χ0v) is 10.1. The molecular weight excluding hydrogens is 218 g/mol. The van der Waals surface area contributed by atoms with E-state index >= 15 is 0 Å². The van der Waals surface area contributed by atoms with Crippen LogP contribution in [-0.4, -0.2) is 41.7 Å². The topological polar surface area (TPSA) is 76.3 Å². The van der Waals surface area contributed by atoms with Crippen molar-refractivity contribution >= 4 is 11.8 Å². The quantitative estimate of drug-likeness (QED) is 0.577. The summed E-state index contributed by atoms with van der Waals surface area (Å²) >= 11 is 0. The fourth-order valence-corrected chi connectivity index (χ4v) is 1.84. The molecule has 2 heterocycles. The molecule has 1 aliphatic heterocycles. The second-order valence-corrected chi connectivity index (χ2v) is 4.08. The maximum absolute atomic E-state index is 5.93. The summed E-state index contributed by atoms with van der Waals surface area (Å²) in [6, 6.07) is 0. The summed E-state index contributed by atoms with van der Waals surface area (Å²) in [5.74, 6) is 1.12. The van der Waals surface area contributed by atoms with E-state index in [1.807, 2.05) is 4.90 Å². The zero-order chi connectivity index (χ0) is 12.3. The molecule has 0 saturated heterocycles. The Labute approximate surface area is 101 Å². The Morgan fingerprint density at radius 1 is 1.53 bits per heavy atom. The van der Waals surface area contributed by atoms with Gasteiger partial charge in [-0.2, -0.15) is 4.98 Å². The van der Waals surface area contributed by atoms with Gasteiger partial charge in [0.2, 0.25) is 5.95 Å². The van der Waals surface area contributed by atoms with Gasteiger partial charge in [-0.25, -0.2) is 4.98 Å². The van der Waals surface area contributed by atoms with E-state index in [2.05, 4.69) is 22.3 Å². The summed E-state index contributed by atoms with van der Waals surface area (Å²) in [5.41, 5.74) is 7.96. The number of nitrogen functional groups attached to an aromatic ring is 1. The summed E-state index contributed by atoms with van der Waals surface area (Å²) < 4.78 is 4.96. The maximum Gasteiger partial charge on any atom is 0.224 e. The van der Waals surface area contributed by atoms with Crippen LogP contribution in [0, 0.1) is 7.05 Å². The number of hydrogen-bond acceptors (Lipinski definition) is 6. The highest BCUT2D eigenvalue weighted by Crippen LogP contribution is 2.22. The van der Waals surface area contributed by atoms with Crippen molar-refractivity contribution in [1.82, 2.24) is 14.9 Å². The van der Waals surface area contributed by atoms with Crippen molar-refractivity contribution in [3.8, 4) is 0 Å². The molecule has 0 saturated carbocycles. The lowest BCUT2D eigenvalue weighted by molar-refractivity contribution is 0.210. The molecule has 1 aromatic heterocycles. The highest BCUT2D eigenvalue weighted by atomic mass is 16.5. The SMILES string of the molecule is [CH2-]N1CCc2nc(NCCOC)nc(N)c2C1. The van der Waals surface area contributed by atoms with Gasteiger partial charge in [-0.15, -0.1) is 0 Å². The lowest BCUT2D eigenvalue weighted by atomic mass is 10.1. The highest BCUT2D eigenvalue weighted by molar-refractivity contribution is 5.48. The number of nitrogens with one attached hydrogen (secondary N) is 1. The Kier molecular flexibility index (Phi) is 3.75. The lowest BCUT2D eigenvalue weighted by Gasteiger charge is -2.31. The van der Waals surface area contributed by atoms with E-state index in [1.165, 1.54) is 0 Å². The number of rotatable bonds is 4. The average molecular weight is 236 g/mol. The summed E-state index contributed by atoms with van der Waals surface area (Å²) in [6.45, 7) is 2.92. The van der Waals surface area contributed by atoms with Crippen LogP contribution < -0.4 is 11.1 Å². The van der Waals surface area contributed by atoms with E-state index in [0.717, 1.165) is 30.8 Å². The van der Waals surface area contributed by atoms with Gasteiger partial charge in [-0.1, -0.05) is 0 Å². The Morgan fingerprint density at radius 3 is 3.12 bits per heavy atom. The van der Waals surface area contributed by atoms with Crippen molar-refractivity contribution in [2.75, 3.05) is 37.9 Å². The Hall–Kier alpha value is -1.40. The number of aromatic nitrogens is 2. The van der Waals surface area contributed by atoms with Gasteiger partial charge in [0, 0.05) is 32.2 Å². The van der Waals surface area contributed by atoms with Gasteiger partial charge >= 0.3 is 0 Å². The molecule has 0 aromatic carbocycles. The number of hydrogen-bond donors (Lipinski definition) is 2. The Morgan fingerprint density at radius 2 is 2.35 bits per heavy atom. The first-order chi connectivity index (χ1) is 8.20. The monoisotopic (exact) mass is 236 g/mol. The van der Waals surface area contributed by atoms with Crippen LogP contribution in [0.25, 0.3) is 0 Å². The minimum atomic E-state index is 0.545. The van der Waals surface area contributed by atoms with Gasteiger partial charge in [0.25, 0.3) is 0 Å². The number of ether oxygens (including phenoxy) is 1. The fourth-order valence-electron chi connectivity index (χ4n) is 1.84. The van der Waals surface area contributed by atoms with E-state index in [-0.39, 0.29) is 0 Å². The summed E-state index contributed by atoms with van der Waals surface area (Å²) in [5, 5.41) is 3.09. The van der Waals surface area contributed by atoms with Crippen LogP contribution in [-0.2, 0) is 17.7 Å². The molecule has 3 N–H and O–H groups in total. The van der Waals surface area contributed by atoms with Crippen LogP contribution in [0.5, 0.6) is 0 Å². The lowest BCUT2D eigenvalue weighted by Crippen LogP contribution is -2.27. The standard InChI is InChI=1S/C11H18N5O/c1-16-5-3-9-8(7-16)10(12)15-11(14-9)13-4-6-17-2/h1,3-7H2,2H3,(H3,12,13,14,15)/q-1. The minimum absolute atomic E-state index is 0.545. The molecule has 0 aliphatic carbocycles. The molecule has 1 aliphatic rings. The van der Waals surface area contributed by atoms with Gasteiger partial charge < -0.3 is 20.7 Å².